The highest BCUT2D eigenvalue weighted by Crippen LogP contribution is 2.21. The maximum atomic E-state index is 11.4. The number of esters is 1. The Morgan fingerprint density at radius 3 is 2.33 bits per heavy atom. The summed E-state index contributed by atoms with van der Waals surface area (Å²) in [6.45, 7) is 8.42. The van der Waals surface area contributed by atoms with Gasteiger partial charge in [-0.1, -0.05) is 12.1 Å². The van der Waals surface area contributed by atoms with Gasteiger partial charge in [0.25, 0.3) is 0 Å². The molecule has 1 heterocycles. The minimum atomic E-state index is -0.304. The average molecular weight is 286 g/mol. The summed E-state index contributed by atoms with van der Waals surface area (Å²) in [4.78, 5) is 11.4. The molecule has 112 valence electrons. The number of hydrogen-bond acceptors (Lipinski definition) is 3. The smallest absolute Gasteiger partial charge is 0.337 e. The standard InChI is InChI=1S/C17H22N2O2/c1-11(2)19-13(4)16(12(3)18-19)10-14-6-8-15(9-7-14)17(20)21-5/h6-9,11H,10H2,1-5H3. The molecule has 2 rings (SSSR count). The van der Waals surface area contributed by atoms with E-state index in [1.807, 2.05) is 19.1 Å². The second kappa shape index (κ2) is 6.12. The topological polar surface area (TPSA) is 44.1 Å². The molecular weight excluding hydrogens is 264 g/mol. The minimum absolute atomic E-state index is 0.304. The lowest BCUT2D eigenvalue weighted by Crippen LogP contribution is -2.05. The third-order valence-electron chi connectivity index (χ3n) is 3.72. The molecule has 0 spiro atoms. The molecule has 0 saturated heterocycles. The van der Waals surface area contributed by atoms with Gasteiger partial charge in [0.05, 0.1) is 18.4 Å². The van der Waals surface area contributed by atoms with Crippen molar-refractivity contribution in [1.29, 1.82) is 0 Å². The Labute approximate surface area is 125 Å². The highest BCUT2D eigenvalue weighted by molar-refractivity contribution is 5.89. The van der Waals surface area contributed by atoms with Crippen molar-refractivity contribution in [3.8, 4) is 0 Å². The van der Waals surface area contributed by atoms with Crippen molar-refractivity contribution < 1.29 is 9.53 Å². The number of ether oxygens (including phenoxy) is 1. The number of aromatic nitrogens is 2. The zero-order valence-corrected chi connectivity index (χ0v) is 13.3. The van der Waals surface area contributed by atoms with Crippen LogP contribution in [0.3, 0.4) is 0 Å². The molecule has 0 fully saturated rings. The molecule has 0 N–H and O–H groups in total. The van der Waals surface area contributed by atoms with E-state index in [1.165, 1.54) is 18.4 Å². The minimum Gasteiger partial charge on any atom is -0.465 e. The van der Waals surface area contributed by atoms with Crippen LogP contribution in [-0.2, 0) is 11.2 Å². The number of benzene rings is 1. The molecule has 0 saturated carbocycles. The number of rotatable bonds is 4. The number of aryl methyl sites for hydroxylation is 1. The van der Waals surface area contributed by atoms with Gasteiger partial charge in [-0.2, -0.15) is 5.10 Å². The van der Waals surface area contributed by atoms with E-state index in [2.05, 4.69) is 30.6 Å². The summed E-state index contributed by atoms with van der Waals surface area (Å²) in [7, 11) is 1.39. The summed E-state index contributed by atoms with van der Waals surface area (Å²) < 4.78 is 6.77. The van der Waals surface area contributed by atoms with Crippen molar-refractivity contribution >= 4 is 5.97 Å². The normalized spacial score (nSPS) is 11.0. The molecule has 1 aromatic heterocycles. The van der Waals surface area contributed by atoms with Crippen molar-refractivity contribution in [2.45, 2.75) is 40.2 Å². The number of hydrogen-bond donors (Lipinski definition) is 0. The first-order chi connectivity index (χ1) is 9.93. The van der Waals surface area contributed by atoms with Gasteiger partial charge >= 0.3 is 5.97 Å². The van der Waals surface area contributed by atoms with Gasteiger partial charge < -0.3 is 4.74 Å². The summed E-state index contributed by atoms with van der Waals surface area (Å²) in [6, 6.07) is 7.91. The third kappa shape index (κ3) is 3.15. The first kappa shape index (κ1) is 15.3. The average Bonchev–Trinajstić information content (AvgIpc) is 2.75. The van der Waals surface area contributed by atoms with E-state index >= 15 is 0 Å². The predicted octanol–water partition coefficient (Wildman–Crippen LogP) is 3.46. The van der Waals surface area contributed by atoms with Crippen LogP contribution < -0.4 is 0 Å². The lowest BCUT2D eigenvalue weighted by Gasteiger charge is -2.09. The molecular formula is C17H22N2O2. The van der Waals surface area contributed by atoms with E-state index < -0.39 is 0 Å². The van der Waals surface area contributed by atoms with E-state index in [-0.39, 0.29) is 5.97 Å². The summed E-state index contributed by atoms with van der Waals surface area (Å²) in [5.41, 5.74) is 5.28. The zero-order valence-electron chi connectivity index (χ0n) is 13.3. The van der Waals surface area contributed by atoms with E-state index in [0.717, 1.165) is 17.7 Å². The van der Waals surface area contributed by atoms with Crippen LogP contribution >= 0.6 is 0 Å². The van der Waals surface area contributed by atoms with Crippen LogP contribution in [-0.4, -0.2) is 22.9 Å². The van der Waals surface area contributed by atoms with Crippen molar-refractivity contribution in [3.05, 3.63) is 52.3 Å². The van der Waals surface area contributed by atoms with Gasteiger partial charge in [-0.3, -0.25) is 4.68 Å². The quantitative estimate of drug-likeness (QED) is 0.808. The van der Waals surface area contributed by atoms with Crippen molar-refractivity contribution in [1.82, 2.24) is 9.78 Å². The Hall–Kier alpha value is -2.10. The molecule has 0 radical (unpaired) electrons. The third-order valence-corrected chi connectivity index (χ3v) is 3.72. The molecule has 0 bridgehead atoms. The molecule has 21 heavy (non-hydrogen) atoms. The van der Waals surface area contributed by atoms with Gasteiger partial charge in [-0.05, 0) is 45.4 Å². The van der Waals surface area contributed by atoms with Gasteiger partial charge in [-0.15, -0.1) is 0 Å². The molecule has 0 aliphatic rings. The maximum Gasteiger partial charge on any atom is 0.337 e. The Morgan fingerprint density at radius 2 is 1.86 bits per heavy atom. The zero-order chi connectivity index (χ0) is 15.6. The Balaban J connectivity index is 2.24. The predicted molar refractivity (Wildman–Crippen MR) is 82.7 cm³/mol. The van der Waals surface area contributed by atoms with E-state index in [4.69, 9.17) is 4.74 Å². The van der Waals surface area contributed by atoms with Gasteiger partial charge in [0.15, 0.2) is 0 Å². The fourth-order valence-electron chi connectivity index (χ4n) is 2.54. The van der Waals surface area contributed by atoms with E-state index in [9.17, 15) is 4.79 Å². The fourth-order valence-corrected chi connectivity index (χ4v) is 2.54. The molecule has 1 aromatic carbocycles. The summed E-state index contributed by atoms with van der Waals surface area (Å²) in [6.07, 6.45) is 0.825. The SMILES string of the molecule is COC(=O)c1ccc(Cc2c(C)nn(C(C)C)c2C)cc1. The second-order valence-electron chi connectivity index (χ2n) is 5.55. The maximum absolute atomic E-state index is 11.4. The monoisotopic (exact) mass is 286 g/mol. The molecule has 0 unspecified atom stereocenters. The highest BCUT2D eigenvalue weighted by Gasteiger charge is 2.14. The fraction of sp³-hybridized carbons (Fsp3) is 0.412. The van der Waals surface area contributed by atoms with Crippen molar-refractivity contribution in [2.75, 3.05) is 7.11 Å². The van der Waals surface area contributed by atoms with Gasteiger partial charge in [0.1, 0.15) is 0 Å². The van der Waals surface area contributed by atoms with Crippen molar-refractivity contribution in [2.24, 2.45) is 0 Å². The molecule has 4 nitrogen and oxygen atoms in total. The second-order valence-corrected chi connectivity index (χ2v) is 5.55. The van der Waals surface area contributed by atoms with Crippen LogP contribution in [0.25, 0.3) is 0 Å². The van der Waals surface area contributed by atoms with Crippen molar-refractivity contribution in [3.63, 3.8) is 0 Å². The first-order valence-electron chi connectivity index (χ1n) is 7.16. The van der Waals surface area contributed by atoms with Gasteiger partial charge in [-0.25, -0.2) is 4.79 Å². The Kier molecular flexibility index (Phi) is 4.46. The van der Waals surface area contributed by atoms with Crippen LogP contribution in [0.5, 0.6) is 0 Å². The Bertz CT molecular complexity index is 640. The number of nitrogens with zero attached hydrogens (tertiary/aromatic N) is 2. The summed E-state index contributed by atoms with van der Waals surface area (Å²) in [5.74, 6) is -0.304. The number of carbonyl (C=O) groups is 1. The summed E-state index contributed by atoms with van der Waals surface area (Å²) >= 11 is 0. The molecule has 0 atom stereocenters. The number of methoxy groups -OCH3 is 1. The van der Waals surface area contributed by atoms with Gasteiger partial charge in [0, 0.05) is 23.7 Å². The number of carbonyl (C=O) groups excluding carboxylic acids is 1. The van der Waals surface area contributed by atoms with Crippen LogP contribution in [0, 0.1) is 13.8 Å². The van der Waals surface area contributed by atoms with Crippen LogP contribution in [0.4, 0.5) is 0 Å². The lowest BCUT2D eigenvalue weighted by molar-refractivity contribution is 0.0600. The highest BCUT2D eigenvalue weighted by atomic mass is 16.5. The summed E-state index contributed by atoms with van der Waals surface area (Å²) in [5, 5.41) is 4.61. The van der Waals surface area contributed by atoms with Crippen LogP contribution in [0.2, 0.25) is 0 Å². The molecule has 0 aliphatic carbocycles. The molecule has 0 amide bonds. The van der Waals surface area contributed by atoms with Gasteiger partial charge in [0.2, 0.25) is 0 Å². The molecule has 4 heteroatoms. The van der Waals surface area contributed by atoms with Crippen LogP contribution in [0.15, 0.2) is 24.3 Å². The largest absolute Gasteiger partial charge is 0.465 e. The van der Waals surface area contributed by atoms with Crippen LogP contribution in [0.1, 0.15) is 52.8 Å². The molecule has 2 aromatic rings. The van der Waals surface area contributed by atoms with E-state index in [0.29, 0.717) is 11.6 Å². The Morgan fingerprint density at radius 1 is 1.24 bits per heavy atom. The lowest BCUT2D eigenvalue weighted by atomic mass is 10.0. The molecule has 0 aliphatic heterocycles. The van der Waals surface area contributed by atoms with E-state index in [1.54, 1.807) is 12.1 Å². The first-order valence-corrected chi connectivity index (χ1v) is 7.16.